The first kappa shape index (κ1) is 14.9. The minimum atomic E-state index is -4.48. The Morgan fingerprint density at radius 2 is 1.94 bits per heavy atom. The highest BCUT2D eigenvalue weighted by Gasteiger charge is 2.34. The summed E-state index contributed by atoms with van der Waals surface area (Å²) in [6.45, 7) is 0.573. The number of alkyl halides is 4. The van der Waals surface area contributed by atoms with E-state index in [4.69, 9.17) is 5.73 Å². The van der Waals surface area contributed by atoms with Crippen LogP contribution in [0.1, 0.15) is 12.0 Å². The molecule has 0 aromatic heterocycles. The quantitative estimate of drug-likeness (QED) is 0.634. The zero-order chi connectivity index (χ0) is 12.6. The van der Waals surface area contributed by atoms with Gasteiger partial charge < -0.3 is 10.6 Å². The summed E-state index contributed by atoms with van der Waals surface area (Å²) < 4.78 is 50.8. The topological polar surface area (TPSA) is 29.3 Å². The number of nitrogen functional groups attached to an aromatic ring is 1. The van der Waals surface area contributed by atoms with Crippen molar-refractivity contribution >= 4 is 24.9 Å². The molecule has 0 spiro atoms. The first-order valence-electron chi connectivity index (χ1n) is 5.23. The van der Waals surface area contributed by atoms with Crippen molar-refractivity contribution < 1.29 is 17.6 Å². The van der Waals surface area contributed by atoms with Crippen LogP contribution in [0.25, 0.3) is 0 Å². The molecule has 0 aliphatic carbocycles. The molecule has 7 heteroatoms. The lowest BCUT2D eigenvalue weighted by molar-refractivity contribution is -0.136. The molecule has 18 heavy (non-hydrogen) atoms. The summed E-state index contributed by atoms with van der Waals surface area (Å²) >= 11 is 0. The highest BCUT2D eigenvalue weighted by Crippen LogP contribution is 2.36. The standard InChI is InChI=1S/C11H12F4N2.H2S/c12-7-3-4-17(6-7)8-1-2-10(16)9(5-8)11(13,14)15;/h1-2,5,7H,3-4,6,16H2;1H2/t7-;/m0./s1. The monoisotopic (exact) mass is 282 g/mol. The van der Waals surface area contributed by atoms with Gasteiger partial charge in [-0.3, -0.25) is 0 Å². The second kappa shape index (κ2) is 5.26. The smallest absolute Gasteiger partial charge is 0.398 e. The maximum atomic E-state index is 13.0. The Morgan fingerprint density at radius 3 is 2.44 bits per heavy atom. The summed E-state index contributed by atoms with van der Waals surface area (Å²) in [6, 6.07) is 3.68. The molecule has 0 saturated carbocycles. The second-order valence-electron chi connectivity index (χ2n) is 4.10. The van der Waals surface area contributed by atoms with E-state index in [1.807, 2.05) is 0 Å². The molecule has 2 nitrogen and oxygen atoms in total. The summed E-state index contributed by atoms with van der Waals surface area (Å²) in [6.07, 6.45) is -5.09. The Kier molecular flexibility index (Phi) is 4.37. The Balaban J connectivity index is 0.00000162. The fourth-order valence-electron chi connectivity index (χ4n) is 1.94. The fraction of sp³-hybridized carbons (Fsp3) is 0.455. The number of anilines is 2. The number of nitrogens with two attached hydrogens (primary N) is 1. The Hall–Kier alpha value is -1.11. The van der Waals surface area contributed by atoms with Crippen LogP contribution in [0.2, 0.25) is 0 Å². The number of hydrogen-bond acceptors (Lipinski definition) is 2. The summed E-state index contributed by atoms with van der Waals surface area (Å²) in [5.74, 6) is 0. The number of nitrogens with zero attached hydrogens (tertiary/aromatic N) is 1. The van der Waals surface area contributed by atoms with Gasteiger partial charge in [-0.1, -0.05) is 0 Å². The lowest BCUT2D eigenvalue weighted by Crippen LogP contribution is -2.21. The molecular formula is C11H14F4N2S. The third kappa shape index (κ3) is 3.01. The van der Waals surface area contributed by atoms with E-state index < -0.39 is 17.9 Å². The van der Waals surface area contributed by atoms with Gasteiger partial charge >= 0.3 is 6.18 Å². The van der Waals surface area contributed by atoms with Crippen molar-refractivity contribution in [1.29, 1.82) is 0 Å². The van der Waals surface area contributed by atoms with E-state index in [0.717, 1.165) is 6.07 Å². The molecule has 1 atom stereocenters. The van der Waals surface area contributed by atoms with E-state index >= 15 is 0 Å². The molecule has 2 N–H and O–H groups in total. The zero-order valence-corrected chi connectivity index (χ0v) is 10.5. The number of rotatable bonds is 1. The normalized spacial score (nSPS) is 19.8. The van der Waals surface area contributed by atoms with Crippen molar-refractivity contribution in [3.05, 3.63) is 23.8 Å². The number of halogens is 4. The highest BCUT2D eigenvalue weighted by atomic mass is 32.1. The van der Waals surface area contributed by atoms with E-state index in [2.05, 4.69) is 0 Å². The lowest BCUT2D eigenvalue weighted by Gasteiger charge is -2.20. The van der Waals surface area contributed by atoms with E-state index in [1.54, 1.807) is 4.90 Å². The minimum Gasteiger partial charge on any atom is -0.398 e. The van der Waals surface area contributed by atoms with Gasteiger partial charge in [-0.2, -0.15) is 26.7 Å². The maximum absolute atomic E-state index is 13.0. The van der Waals surface area contributed by atoms with Gasteiger partial charge in [0.1, 0.15) is 6.17 Å². The Bertz CT molecular complexity index is 422. The average Bonchev–Trinajstić information content (AvgIpc) is 2.64. The van der Waals surface area contributed by atoms with Crippen molar-refractivity contribution in [1.82, 2.24) is 0 Å². The summed E-state index contributed by atoms with van der Waals surface area (Å²) in [7, 11) is 0. The van der Waals surface area contributed by atoms with Crippen molar-refractivity contribution in [2.45, 2.75) is 18.8 Å². The zero-order valence-electron chi connectivity index (χ0n) is 9.47. The highest BCUT2D eigenvalue weighted by molar-refractivity contribution is 7.59. The molecule has 1 saturated heterocycles. The molecule has 1 aromatic carbocycles. The van der Waals surface area contributed by atoms with Gasteiger partial charge in [0.05, 0.1) is 5.56 Å². The van der Waals surface area contributed by atoms with Crippen molar-refractivity contribution in [2.75, 3.05) is 23.7 Å². The average molecular weight is 282 g/mol. The van der Waals surface area contributed by atoms with Crippen LogP contribution < -0.4 is 10.6 Å². The first-order chi connectivity index (χ1) is 7.88. The summed E-state index contributed by atoms with van der Waals surface area (Å²) in [4.78, 5) is 1.60. The molecule has 1 aliphatic rings. The van der Waals surface area contributed by atoms with Crippen LogP contribution in [0, 0.1) is 0 Å². The minimum absolute atomic E-state index is 0. The van der Waals surface area contributed by atoms with Crippen LogP contribution in [-0.4, -0.2) is 19.3 Å². The predicted octanol–water partition coefficient (Wildman–Crippen LogP) is 2.95. The van der Waals surface area contributed by atoms with Crippen LogP contribution in [0.5, 0.6) is 0 Å². The summed E-state index contributed by atoms with van der Waals surface area (Å²) in [5, 5.41) is 0. The molecule has 0 unspecified atom stereocenters. The van der Waals surface area contributed by atoms with Crippen LogP contribution in [0.15, 0.2) is 18.2 Å². The Labute approximate surface area is 109 Å². The molecular weight excluding hydrogens is 268 g/mol. The second-order valence-corrected chi connectivity index (χ2v) is 4.10. The largest absolute Gasteiger partial charge is 0.418 e. The third-order valence-electron chi connectivity index (χ3n) is 2.84. The van der Waals surface area contributed by atoms with Crippen molar-refractivity contribution in [3.8, 4) is 0 Å². The van der Waals surface area contributed by atoms with Crippen molar-refractivity contribution in [2.24, 2.45) is 0 Å². The van der Waals surface area contributed by atoms with Crippen LogP contribution >= 0.6 is 13.5 Å². The number of benzene rings is 1. The third-order valence-corrected chi connectivity index (χ3v) is 2.84. The van der Waals surface area contributed by atoms with Gasteiger partial charge in [-0.15, -0.1) is 0 Å². The molecule has 0 bridgehead atoms. The first-order valence-corrected chi connectivity index (χ1v) is 5.23. The SMILES string of the molecule is Nc1ccc(N2CC[C@H](F)C2)cc1C(F)(F)F.S. The van der Waals surface area contributed by atoms with E-state index in [-0.39, 0.29) is 25.7 Å². The van der Waals surface area contributed by atoms with Crippen molar-refractivity contribution in [3.63, 3.8) is 0 Å². The van der Waals surface area contributed by atoms with Gasteiger partial charge in [0, 0.05) is 24.5 Å². The van der Waals surface area contributed by atoms with Crippen LogP contribution in [0.4, 0.5) is 28.9 Å². The molecule has 102 valence electrons. The van der Waals surface area contributed by atoms with E-state index in [9.17, 15) is 17.6 Å². The molecule has 1 aromatic rings. The molecule has 1 aliphatic heterocycles. The molecule has 0 radical (unpaired) electrons. The Morgan fingerprint density at radius 1 is 1.28 bits per heavy atom. The fourth-order valence-corrected chi connectivity index (χ4v) is 1.94. The molecule has 2 rings (SSSR count). The van der Waals surface area contributed by atoms with Gasteiger partial charge in [0.25, 0.3) is 0 Å². The molecule has 1 fully saturated rings. The van der Waals surface area contributed by atoms with E-state index in [0.29, 0.717) is 18.7 Å². The molecule has 0 amide bonds. The van der Waals surface area contributed by atoms with E-state index in [1.165, 1.54) is 12.1 Å². The van der Waals surface area contributed by atoms with Gasteiger partial charge in [0.15, 0.2) is 0 Å². The van der Waals surface area contributed by atoms with Gasteiger partial charge in [-0.25, -0.2) is 4.39 Å². The van der Waals surface area contributed by atoms with Gasteiger partial charge in [-0.05, 0) is 24.6 Å². The molecule has 1 heterocycles. The van der Waals surface area contributed by atoms with Gasteiger partial charge in [0.2, 0.25) is 0 Å². The van der Waals surface area contributed by atoms with Crippen LogP contribution in [-0.2, 0) is 6.18 Å². The lowest BCUT2D eigenvalue weighted by atomic mass is 10.1. The summed E-state index contributed by atoms with van der Waals surface area (Å²) in [5.41, 5.74) is 4.48. The predicted molar refractivity (Wildman–Crippen MR) is 68.0 cm³/mol. The number of hydrogen-bond donors (Lipinski definition) is 1. The van der Waals surface area contributed by atoms with Crippen LogP contribution in [0.3, 0.4) is 0 Å². The maximum Gasteiger partial charge on any atom is 0.418 e.